The van der Waals surface area contributed by atoms with Crippen molar-refractivity contribution < 1.29 is 18.9 Å². The van der Waals surface area contributed by atoms with Crippen LogP contribution in [0.15, 0.2) is 22.8 Å². The van der Waals surface area contributed by atoms with Crippen molar-refractivity contribution in [1.82, 2.24) is 10.3 Å². The average molecular weight is 276 g/mol. The maximum atomic E-state index is 11.9. The first-order valence-electron chi connectivity index (χ1n) is 6.03. The molecule has 0 aliphatic carbocycles. The van der Waals surface area contributed by atoms with Gasteiger partial charge >= 0.3 is 0 Å². The molecule has 0 spiro atoms. The summed E-state index contributed by atoms with van der Waals surface area (Å²) in [6, 6.07) is 5.12. The Hall–Kier alpha value is -2.77. The molecule has 104 valence electrons. The van der Waals surface area contributed by atoms with E-state index in [2.05, 4.69) is 20.3 Å². The van der Waals surface area contributed by atoms with Crippen LogP contribution in [0.2, 0.25) is 0 Å². The third kappa shape index (κ3) is 2.35. The number of ether oxygens (including phenoxy) is 2. The number of aromatic nitrogens is 2. The number of carbonyl (C=O) groups is 1. The van der Waals surface area contributed by atoms with Crippen molar-refractivity contribution in [3.63, 3.8) is 0 Å². The Morgan fingerprint density at radius 2 is 2.00 bits per heavy atom. The molecule has 2 heterocycles. The Balaban J connectivity index is 1.80. The lowest BCUT2D eigenvalue weighted by atomic mass is 10.2. The second-order valence-electron chi connectivity index (χ2n) is 4.16. The van der Waals surface area contributed by atoms with Crippen LogP contribution < -0.4 is 20.5 Å². The Bertz CT molecular complexity index is 640. The van der Waals surface area contributed by atoms with Crippen molar-refractivity contribution in [1.29, 1.82) is 0 Å². The molecule has 0 saturated carbocycles. The van der Waals surface area contributed by atoms with Gasteiger partial charge in [-0.05, 0) is 22.4 Å². The highest BCUT2D eigenvalue weighted by molar-refractivity contribution is 6.05. The molecule has 3 N–H and O–H groups in total. The molecule has 0 radical (unpaired) electrons. The summed E-state index contributed by atoms with van der Waals surface area (Å²) in [6.07, 6.45) is 0.817. The van der Waals surface area contributed by atoms with Gasteiger partial charge in [-0.15, -0.1) is 0 Å². The topological polar surface area (TPSA) is 112 Å². The second-order valence-corrected chi connectivity index (χ2v) is 4.16. The second kappa shape index (κ2) is 5.08. The van der Waals surface area contributed by atoms with Crippen LogP contribution in [0.25, 0.3) is 0 Å². The number of nitrogen functional groups attached to an aromatic ring is 1. The summed E-state index contributed by atoms with van der Waals surface area (Å²) < 4.78 is 15.4. The largest absolute Gasteiger partial charge is 0.490 e. The SMILES string of the molecule is Nc1nonc1C(=O)Nc1ccc2c(c1)OCCCO2. The quantitative estimate of drug-likeness (QED) is 0.843. The van der Waals surface area contributed by atoms with Gasteiger partial charge in [0.25, 0.3) is 5.91 Å². The molecular weight excluding hydrogens is 264 g/mol. The van der Waals surface area contributed by atoms with Crippen LogP contribution in [0.4, 0.5) is 11.5 Å². The number of carbonyl (C=O) groups excluding carboxylic acids is 1. The zero-order valence-electron chi connectivity index (χ0n) is 10.5. The standard InChI is InChI=1S/C12H12N4O4/c13-11-10(15-20-16-11)12(17)14-7-2-3-8-9(6-7)19-5-1-4-18-8/h2-3,6H,1,4-5H2,(H2,13,16)(H,14,17). The summed E-state index contributed by atoms with van der Waals surface area (Å²) in [6.45, 7) is 1.18. The summed E-state index contributed by atoms with van der Waals surface area (Å²) >= 11 is 0. The number of rotatable bonds is 2. The lowest BCUT2D eigenvalue weighted by Crippen LogP contribution is -2.14. The number of nitrogens with zero attached hydrogens (tertiary/aromatic N) is 2. The zero-order valence-corrected chi connectivity index (χ0v) is 10.5. The summed E-state index contributed by atoms with van der Waals surface area (Å²) in [5.41, 5.74) is 5.94. The number of nitrogens with one attached hydrogen (secondary N) is 1. The molecule has 0 fully saturated rings. The smallest absolute Gasteiger partial charge is 0.281 e. The van der Waals surface area contributed by atoms with Crippen LogP contribution in [0.1, 0.15) is 16.9 Å². The van der Waals surface area contributed by atoms with E-state index in [1.807, 2.05) is 0 Å². The van der Waals surface area contributed by atoms with Crippen molar-refractivity contribution in [3.8, 4) is 11.5 Å². The van der Waals surface area contributed by atoms with E-state index in [4.69, 9.17) is 15.2 Å². The summed E-state index contributed by atoms with van der Waals surface area (Å²) in [7, 11) is 0. The predicted molar refractivity (Wildman–Crippen MR) is 68.7 cm³/mol. The third-order valence-corrected chi connectivity index (χ3v) is 2.73. The first kappa shape index (κ1) is 12.3. The Labute approximate surface area is 113 Å². The van der Waals surface area contributed by atoms with Crippen LogP contribution in [0, 0.1) is 0 Å². The maximum absolute atomic E-state index is 11.9. The number of hydrogen-bond acceptors (Lipinski definition) is 7. The van der Waals surface area contributed by atoms with E-state index < -0.39 is 5.91 Å². The van der Waals surface area contributed by atoms with E-state index in [1.54, 1.807) is 18.2 Å². The van der Waals surface area contributed by atoms with E-state index in [1.165, 1.54) is 0 Å². The van der Waals surface area contributed by atoms with Crippen molar-refractivity contribution in [2.75, 3.05) is 24.3 Å². The number of fused-ring (bicyclic) bond motifs is 1. The van der Waals surface area contributed by atoms with Gasteiger partial charge in [-0.25, -0.2) is 4.63 Å². The van der Waals surface area contributed by atoms with Crippen molar-refractivity contribution in [2.24, 2.45) is 0 Å². The van der Waals surface area contributed by atoms with E-state index in [0.29, 0.717) is 30.4 Å². The molecule has 8 heteroatoms. The number of nitrogens with two attached hydrogens (primary N) is 1. The molecule has 0 bridgehead atoms. The molecule has 0 atom stereocenters. The predicted octanol–water partition coefficient (Wildman–Crippen LogP) is 1.07. The van der Waals surface area contributed by atoms with Gasteiger partial charge in [0, 0.05) is 18.2 Å². The summed E-state index contributed by atoms with van der Waals surface area (Å²) in [5.74, 6) is 0.685. The molecule has 1 aromatic heterocycles. The molecular formula is C12H12N4O4. The van der Waals surface area contributed by atoms with E-state index in [0.717, 1.165) is 6.42 Å². The highest BCUT2D eigenvalue weighted by atomic mass is 16.6. The first-order valence-corrected chi connectivity index (χ1v) is 6.03. The normalized spacial score (nSPS) is 13.6. The van der Waals surface area contributed by atoms with Gasteiger partial charge in [-0.3, -0.25) is 4.79 Å². The molecule has 2 aromatic rings. The average Bonchev–Trinajstić information content (AvgIpc) is 2.73. The summed E-state index contributed by atoms with van der Waals surface area (Å²) in [4.78, 5) is 11.9. The van der Waals surface area contributed by atoms with Gasteiger partial charge < -0.3 is 20.5 Å². The Morgan fingerprint density at radius 3 is 2.75 bits per heavy atom. The van der Waals surface area contributed by atoms with Crippen LogP contribution >= 0.6 is 0 Å². The van der Waals surface area contributed by atoms with Crippen LogP contribution in [-0.4, -0.2) is 29.4 Å². The van der Waals surface area contributed by atoms with Gasteiger partial charge in [0.15, 0.2) is 11.5 Å². The fourth-order valence-electron chi connectivity index (χ4n) is 1.78. The summed E-state index contributed by atoms with van der Waals surface area (Å²) in [5, 5.41) is 9.42. The molecule has 1 aromatic carbocycles. The highest BCUT2D eigenvalue weighted by Gasteiger charge is 2.17. The third-order valence-electron chi connectivity index (χ3n) is 2.73. The van der Waals surface area contributed by atoms with E-state index >= 15 is 0 Å². The van der Waals surface area contributed by atoms with Gasteiger partial charge in [-0.2, -0.15) is 0 Å². The van der Waals surface area contributed by atoms with Crippen LogP contribution in [-0.2, 0) is 0 Å². The molecule has 0 unspecified atom stereocenters. The minimum atomic E-state index is -0.502. The van der Waals surface area contributed by atoms with Gasteiger partial charge in [0.1, 0.15) is 0 Å². The minimum absolute atomic E-state index is 0.0582. The van der Waals surface area contributed by atoms with Crippen molar-refractivity contribution >= 4 is 17.4 Å². The molecule has 8 nitrogen and oxygen atoms in total. The molecule has 0 saturated heterocycles. The minimum Gasteiger partial charge on any atom is -0.490 e. The van der Waals surface area contributed by atoms with Crippen molar-refractivity contribution in [2.45, 2.75) is 6.42 Å². The molecule has 3 rings (SSSR count). The Kier molecular flexibility index (Phi) is 3.12. The number of amides is 1. The van der Waals surface area contributed by atoms with E-state index in [-0.39, 0.29) is 11.5 Å². The molecule has 20 heavy (non-hydrogen) atoms. The zero-order chi connectivity index (χ0) is 13.9. The van der Waals surface area contributed by atoms with E-state index in [9.17, 15) is 4.79 Å². The lowest BCUT2D eigenvalue weighted by molar-refractivity contribution is 0.101. The van der Waals surface area contributed by atoms with Crippen molar-refractivity contribution in [3.05, 3.63) is 23.9 Å². The van der Waals surface area contributed by atoms with Gasteiger partial charge in [-0.1, -0.05) is 0 Å². The molecule has 1 amide bonds. The maximum Gasteiger partial charge on any atom is 0.281 e. The lowest BCUT2D eigenvalue weighted by Gasteiger charge is -2.09. The number of anilines is 2. The molecule has 1 aliphatic rings. The fraction of sp³-hybridized carbons (Fsp3) is 0.250. The van der Waals surface area contributed by atoms with Crippen LogP contribution in [0.3, 0.4) is 0 Å². The fourth-order valence-corrected chi connectivity index (χ4v) is 1.78. The monoisotopic (exact) mass is 276 g/mol. The van der Waals surface area contributed by atoms with Crippen LogP contribution in [0.5, 0.6) is 11.5 Å². The van der Waals surface area contributed by atoms with Gasteiger partial charge in [0.2, 0.25) is 11.5 Å². The number of benzene rings is 1. The highest BCUT2D eigenvalue weighted by Crippen LogP contribution is 2.32. The van der Waals surface area contributed by atoms with Gasteiger partial charge in [0.05, 0.1) is 13.2 Å². The Morgan fingerprint density at radius 1 is 1.20 bits per heavy atom. The number of hydrogen-bond donors (Lipinski definition) is 2. The first-order chi connectivity index (χ1) is 9.74. The molecule has 1 aliphatic heterocycles.